The van der Waals surface area contributed by atoms with Crippen LogP contribution in [0.5, 0.6) is 0 Å². The van der Waals surface area contributed by atoms with Crippen LogP contribution >= 0.6 is 0 Å². The van der Waals surface area contributed by atoms with E-state index in [1.165, 1.54) is 35.7 Å². The van der Waals surface area contributed by atoms with Gasteiger partial charge in [0.15, 0.2) is 0 Å². The predicted octanol–water partition coefficient (Wildman–Crippen LogP) is 4.20. The van der Waals surface area contributed by atoms with Gasteiger partial charge in [0.05, 0.1) is 0 Å². The Kier molecular flexibility index (Phi) is 5.04. The number of rotatable bonds is 5. The molecule has 3 nitrogen and oxygen atoms in total. The summed E-state index contributed by atoms with van der Waals surface area (Å²) in [5.74, 6) is 0.856. The fraction of sp³-hybridized carbons (Fsp3) is 0.550. The summed E-state index contributed by atoms with van der Waals surface area (Å²) < 4.78 is 2.18. The molecule has 1 fully saturated rings. The first kappa shape index (κ1) is 16.1. The molecule has 2 atom stereocenters. The zero-order chi connectivity index (χ0) is 16.2. The zero-order valence-corrected chi connectivity index (χ0v) is 14.3. The summed E-state index contributed by atoms with van der Waals surface area (Å²) in [4.78, 5) is 12.2. The standard InChI is InChI=1S/C20H28N2O/c1-15-8-3-5-11-18(15)21-20(23)13-7-9-16-14-22(2)19-12-6-4-10-17(16)19/h4,6,10,12,14-15,18H,3,5,7-9,11,13H2,1-2H3,(H,21,23)/t15-,18+/m1/s1. The fourth-order valence-electron chi connectivity index (χ4n) is 3.87. The molecule has 0 aliphatic heterocycles. The molecular weight excluding hydrogens is 284 g/mol. The Labute approximate surface area is 139 Å². The molecular formula is C20H28N2O. The maximum atomic E-state index is 12.2. The van der Waals surface area contributed by atoms with E-state index < -0.39 is 0 Å². The highest BCUT2D eigenvalue weighted by molar-refractivity contribution is 5.84. The van der Waals surface area contributed by atoms with E-state index in [2.05, 4.69) is 54.3 Å². The van der Waals surface area contributed by atoms with Crippen molar-refractivity contribution in [1.82, 2.24) is 9.88 Å². The van der Waals surface area contributed by atoms with Gasteiger partial charge in [0.1, 0.15) is 0 Å². The van der Waals surface area contributed by atoms with Crippen molar-refractivity contribution in [2.75, 3.05) is 0 Å². The molecule has 1 N–H and O–H groups in total. The molecule has 0 spiro atoms. The first-order valence-electron chi connectivity index (χ1n) is 8.97. The van der Waals surface area contributed by atoms with E-state index in [-0.39, 0.29) is 5.91 Å². The van der Waals surface area contributed by atoms with Crippen molar-refractivity contribution in [2.24, 2.45) is 13.0 Å². The Morgan fingerprint density at radius 3 is 2.87 bits per heavy atom. The van der Waals surface area contributed by atoms with Crippen LogP contribution in [0.4, 0.5) is 0 Å². The lowest BCUT2D eigenvalue weighted by Gasteiger charge is -2.29. The molecule has 1 aliphatic rings. The van der Waals surface area contributed by atoms with E-state index >= 15 is 0 Å². The van der Waals surface area contributed by atoms with Crippen LogP contribution in [0, 0.1) is 5.92 Å². The SMILES string of the molecule is C[C@@H]1CCCC[C@@H]1NC(=O)CCCc1cn(C)c2ccccc12. The topological polar surface area (TPSA) is 34.0 Å². The molecule has 1 saturated carbocycles. The van der Waals surface area contributed by atoms with Crippen LogP contribution in [0.15, 0.2) is 30.5 Å². The van der Waals surface area contributed by atoms with E-state index in [0.29, 0.717) is 18.4 Å². The summed E-state index contributed by atoms with van der Waals surface area (Å²) in [6, 6.07) is 8.88. The number of nitrogens with zero attached hydrogens (tertiary/aromatic N) is 1. The van der Waals surface area contributed by atoms with Crippen molar-refractivity contribution in [3.05, 3.63) is 36.0 Å². The number of aryl methyl sites for hydroxylation is 2. The van der Waals surface area contributed by atoms with E-state index in [1.54, 1.807) is 0 Å². The van der Waals surface area contributed by atoms with Crippen LogP contribution in [-0.2, 0) is 18.3 Å². The quantitative estimate of drug-likeness (QED) is 0.882. The maximum Gasteiger partial charge on any atom is 0.220 e. The molecule has 1 aromatic carbocycles. The maximum absolute atomic E-state index is 12.2. The lowest BCUT2D eigenvalue weighted by atomic mass is 9.86. The third kappa shape index (κ3) is 3.77. The highest BCUT2D eigenvalue weighted by atomic mass is 16.1. The molecule has 3 heteroatoms. The number of nitrogens with one attached hydrogen (secondary N) is 1. The van der Waals surface area contributed by atoms with E-state index in [4.69, 9.17) is 0 Å². The largest absolute Gasteiger partial charge is 0.353 e. The highest BCUT2D eigenvalue weighted by Gasteiger charge is 2.22. The molecule has 0 radical (unpaired) electrons. The fourth-order valence-corrected chi connectivity index (χ4v) is 3.87. The Bertz CT molecular complexity index is 673. The molecule has 2 aromatic rings. The van der Waals surface area contributed by atoms with Gasteiger partial charge in [0, 0.05) is 36.6 Å². The first-order chi connectivity index (χ1) is 11.1. The predicted molar refractivity (Wildman–Crippen MR) is 95.4 cm³/mol. The number of carbonyl (C=O) groups is 1. The number of aromatic nitrogens is 1. The van der Waals surface area contributed by atoms with Gasteiger partial charge in [-0.15, -0.1) is 0 Å². The molecule has 1 amide bonds. The van der Waals surface area contributed by atoms with E-state index in [1.807, 2.05) is 0 Å². The number of hydrogen-bond acceptors (Lipinski definition) is 1. The van der Waals surface area contributed by atoms with Crippen LogP contribution in [-0.4, -0.2) is 16.5 Å². The lowest BCUT2D eigenvalue weighted by Crippen LogP contribution is -2.40. The number of para-hydroxylation sites is 1. The van der Waals surface area contributed by atoms with Gasteiger partial charge in [0.25, 0.3) is 0 Å². The van der Waals surface area contributed by atoms with Gasteiger partial charge < -0.3 is 9.88 Å². The summed E-state index contributed by atoms with van der Waals surface area (Å²) in [5.41, 5.74) is 2.62. The molecule has 1 aromatic heterocycles. The molecule has 1 heterocycles. The van der Waals surface area contributed by atoms with Gasteiger partial charge in [-0.05, 0) is 43.2 Å². The lowest BCUT2D eigenvalue weighted by molar-refractivity contribution is -0.122. The third-order valence-electron chi connectivity index (χ3n) is 5.29. The second-order valence-electron chi connectivity index (χ2n) is 7.07. The summed E-state index contributed by atoms with van der Waals surface area (Å²) in [6.07, 6.45) is 9.69. The van der Waals surface area contributed by atoms with E-state index in [9.17, 15) is 4.79 Å². The number of benzene rings is 1. The average molecular weight is 312 g/mol. The third-order valence-corrected chi connectivity index (χ3v) is 5.29. The van der Waals surface area contributed by atoms with Crippen molar-refractivity contribution in [2.45, 2.75) is 57.9 Å². The average Bonchev–Trinajstić information content (AvgIpc) is 2.87. The minimum atomic E-state index is 0.226. The summed E-state index contributed by atoms with van der Waals surface area (Å²) in [5, 5.41) is 4.57. The molecule has 124 valence electrons. The van der Waals surface area contributed by atoms with Gasteiger partial charge in [-0.3, -0.25) is 4.79 Å². The van der Waals surface area contributed by atoms with Gasteiger partial charge >= 0.3 is 0 Å². The van der Waals surface area contributed by atoms with Gasteiger partial charge in [-0.2, -0.15) is 0 Å². The van der Waals surface area contributed by atoms with Gasteiger partial charge in [-0.1, -0.05) is 38.0 Å². The summed E-state index contributed by atoms with van der Waals surface area (Å²) in [6.45, 7) is 2.26. The smallest absolute Gasteiger partial charge is 0.220 e. The van der Waals surface area contributed by atoms with Crippen LogP contribution in [0.1, 0.15) is 51.0 Å². The minimum Gasteiger partial charge on any atom is -0.353 e. The van der Waals surface area contributed by atoms with Crippen LogP contribution in [0.3, 0.4) is 0 Å². The van der Waals surface area contributed by atoms with Crippen molar-refractivity contribution < 1.29 is 4.79 Å². The van der Waals surface area contributed by atoms with Crippen molar-refractivity contribution in [3.8, 4) is 0 Å². The number of hydrogen-bond donors (Lipinski definition) is 1. The van der Waals surface area contributed by atoms with Gasteiger partial charge in [0.2, 0.25) is 5.91 Å². The molecule has 0 unspecified atom stereocenters. The second kappa shape index (κ2) is 7.20. The monoisotopic (exact) mass is 312 g/mol. The van der Waals surface area contributed by atoms with Crippen LogP contribution in [0.2, 0.25) is 0 Å². The number of amides is 1. The van der Waals surface area contributed by atoms with Crippen molar-refractivity contribution >= 4 is 16.8 Å². The summed E-state index contributed by atoms with van der Waals surface area (Å²) in [7, 11) is 2.09. The molecule has 1 aliphatic carbocycles. The first-order valence-corrected chi connectivity index (χ1v) is 8.97. The van der Waals surface area contributed by atoms with Crippen molar-refractivity contribution in [1.29, 1.82) is 0 Å². The van der Waals surface area contributed by atoms with Gasteiger partial charge in [-0.25, -0.2) is 0 Å². The Balaban J connectivity index is 1.51. The van der Waals surface area contributed by atoms with Crippen LogP contribution in [0.25, 0.3) is 10.9 Å². The Hall–Kier alpha value is -1.77. The molecule has 0 saturated heterocycles. The Morgan fingerprint density at radius 1 is 1.26 bits per heavy atom. The molecule has 3 rings (SSSR count). The second-order valence-corrected chi connectivity index (χ2v) is 7.07. The van der Waals surface area contributed by atoms with E-state index in [0.717, 1.165) is 19.3 Å². The highest BCUT2D eigenvalue weighted by Crippen LogP contribution is 2.24. The zero-order valence-electron chi connectivity index (χ0n) is 14.3. The summed E-state index contributed by atoms with van der Waals surface area (Å²) >= 11 is 0. The number of fused-ring (bicyclic) bond motifs is 1. The molecule has 0 bridgehead atoms. The minimum absolute atomic E-state index is 0.226. The molecule has 23 heavy (non-hydrogen) atoms. The van der Waals surface area contributed by atoms with Crippen LogP contribution < -0.4 is 5.32 Å². The Morgan fingerprint density at radius 2 is 2.04 bits per heavy atom. The number of carbonyl (C=O) groups excluding carboxylic acids is 1. The van der Waals surface area contributed by atoms with Crippen molar-refractivity contribution in [3.63, 3.8) is 0 Å². The normalized spacial score (nSPS) is 21.5.